The van der Waals surface area contributed by atoms with E-state index in [1.807, 2.05) is 0 Å². The van der Waals surface area contributed by atoms with Crippen molar-refractivity contribution >= 4 is 35.2 Å². The Hall–Kier alpha value is -3.72. The molecule has 1 saturated heterocycles. The van der Waals surface area contributed by atoms with Crippen LogP contribution < -0.4 is 10.2 Å². The SMILES string of the molecule is O=C(CO)Nc1ccc(N2C[C@@]3(CC3N3C(=O)c4ccccc4C3=O)OC2=O)cc1. The van der Waals surface area contributed by atoms with Gasteiger partial charge in [-0.2, -0.15) is 0 Å². The lowest BCUT2D eigenvalue weighted by Crippen LogP contribution is -2.38. The maximum atomic E-state index is 12.7. The molecule has 0 bridgehead atoms. The summed E-state index contributed by atoms with van der Waals surface area (Å²) in [5, 5.41) is 11.3. The number of ether oxygens (including phenoxy) is 1. The van der Waals surface area contributed by atoms with Crippen molar-refractivity contribution in [2.75, 3.05) is 23.4 Å². The first-order valence-corrected chi connectivity index (χ1v) is 9.42. The first-order chi connectivity index (χ1) is 14.4. The van der Waals surface area contributed by atoms with Gasteiger partial charge in [-0.3, -0.25) is 24.2 Å². The van der Waals surface area contributed by atoms with Gasteiger partial charge in [-0.15, -0.1) is 0 Å². The van der Waals surface area contributed by atoms with Gasteiger partial charge >= 0.3 is 6.09 Å². The van der Waals surface area contributed by atoms with E-state index in [9.17, 15) is 19.2 Å². The second kappa shape index (κ2) is 6.39. The van der Waals surface area contributed by atoms with Gasteiger partial charge in [0.15, 0.2) is 5.60 Å². The molecule has 4 amide bonds. The maximum Gasteiger partial charge on any atom is 0.415 e. The quantitative estimate of drug-likeness (QED) is 0.740. The van der Waals surface area contributed by atoms with Crippen molar-refractivity contribution in [3.8, 4) is 0 Å². The third-order valence-electron chi connectivity index (χ3n) is 5.67. The predicted octanol–water partition coefficient (Wildman–Crippen LogP) is 1.38. The minimum absolute atomic E-state index is 0.215. The van der Waals surface area contributed by atoms with Gasteiger partial charge in [0, 0.05) is 17.8 Å². The highest BCUT2D eigenvalue weighted by molar-refractivity contribution is 6.22. The zero-order valence-corrected chi connectivity index (χ0v) is 15.7. The Kier molecular flexibility index (Phi) is 3.90. The van der Waals surface area contributed by atoms with E-state index in [1.54, 1.807) is 48.5 Å². The van der Waals surface area contributed by atoms with Gasteiger partial charge in [-0.1, -0.05) is 12.1 Å². The van der Waals surface area contributed by atoms with Gasteiger partial charge < -0.3 is 15.2 Å². The molecule has 2 aliphatic heterocycles. The third-order valence-corrected chi connectivity index (χ3v) is 5.67. The number of carbonyl (C=O) groups is 4. The second-order valence-corrected chi connectivity index (χ2v) is 7.52. The van der Waals surface area contributed by atoms with Gasteiger partial charge in [0.05, 0.1) is 23.7 Å². The lowest BCUT2D eigenvalue weighted by molar-refractivity contribution is -0.118. The number of aliphatic hydroxyl groups is 1. The van der Waals surface area contributed by atoms with Crippen molar-refractivity contribution in [2.45, 2.75) is 18.1 Å². The number of fused-ring (bicyclic) bond motifs is 1. The second-order valence-electron chi connectivity index (χ2n) is 7.52. The highest BCUT2D eigenvalue weighted by Gasteiger charge is 2.68. The average Bonchev–Trinajstić information content (AvgIpc) is 3.22. The number of nitrogens with one attached hydrogen (secondary N) is 1. The van der Waals surface area contributed by atoms with Crippen molar-refractivity contribution < 1.29 is 29.0 Å². The molecule has 1 unspecified atom stereocenters. The average molecular weight is 407 g/mol. The molecule has 0 aromatic heterocycles. The van der Waals surface area contributed by atoms with Crippen LogP contribution in [0.5, 0.6) is 0 Å². The Bertz CT molecular complexity index is 1060. The summed E-state index contributed by atoms with van der Waals surface area (Å²) in [5.41, 5.74) is 0.869. The summed E-state index contributed by atoms with van der Waals surface area (Å²) in [6, 6.07) is 12.7. The minimum atomic E-state index is -0.909. The van der Waals surface area contributed by atoms with Gasteiger partial charge in [-0.05, 0) is 36.4 Å². The van der Waals surface area contributed by atoms with Crippen LogP contribution in [0.3, 0.4) is 0 Å². The number of benzene rings is 2. The van der Waals surface area contributed by atoms with Crippen LogP contribution >= 0.6 is 0 Å². The van der Waals surface area contributed by atoms with E-state index in [0.717, 1.165) is 0 Å². The van der Waals surface area contributed by atoms with Crippen molar-refractivity contribution in [2.24, 2.45) is 0 Å². The molecule has 2 fully saturated rings. The molecule has 1 saturated carbocycles. The van der Waals surface area contributed by atoms with Gasteiger partial charge in [-0.25, -0.2) is 4.79 Å². The zero-order valence-electron chi connectivity index (χ0n) is 15.7. The molecule has 1 aliphatic carbocycles. The largest absolute Gasteiger partial charge is 0.438 e. The summed E-state index contributed by atoms with van der Waals surface area (Å²) < 4.78 is 5.60. The number of anilines is 2. The van der Waals surface area contributed by atoms with E-state index in [1.165, 1.54) is 9.80 Å². The minimum Gasteiger partial charge on any atom is -0.438 e. The summed E-state index contributed by atoms with van der Waals surface area (Å²) in [5.74, 6) is -1.27. The molecule has 3 aliphatic rings. The van der Waals surface area contributed by atoms with Crippen LogP contribution in [-0.4, -0.2) is 58.6 Å². The van der Waals surface area contributed by atoms with E-state index in [-0.39, 0.29) is 18.4 Å². The number of rotatable bonds is 4. The molecule has 0 radical (unpaired) electrons. The van der Waals surface area contributed by atoms with E-state index in [2.05, 4.69) is 5.32 Å². The lowest BCUT2D eigenvalue weighted by atomic mass is 10.1. The highest BCUT2D eigenvalue weighted by Crippen LogP contribution is 2.51. The Morgan fingerprint density at radius 3 is 2.30 bits per heavy atom. The third kappa shape index (κ3) is 2.66. The molecule has 152 valence electrons. The summed E-state index contributed by atoms with van der Waals surface area (Å²) in [6.07, 6.45) is -0.160. The Labute approximate surface area is 170 Å². The topological polar surface area (TPSA) is 116 Å². The van der Waals surface area contributed by atoms with Crippen LogP contribution in [0.15, 0.2) is 48.5 Å². The summed E-state index contributed by atoms with van der Waals surface area (Å²) in [4.78, 5) is 51.8. The molecule has 9 heteroatoms. The molecule has 2 N–H and O–H groups in total. The van der Waals surface area contributed by atoms with E-state index in [4.69, 9.17) is 9.84 Å². The van der Waals surface area contributed by atoms with Gasteiger partial charge in [0.25, 0.3) is 11.8 Å². The lowest BCUT2D eigenvalue weighted by Gasteiger charge is -2.17. The summed E-state index contributed by atoms with van der Waals surface area (Å²) >= 11 is 0. The van der Waals surface area contributed by atoms with Crippen molar-refractivity contribution in [1.82, 2.24) is 4.90 Å². The number of hydrogen-bond acceptors (Lipinski definition) is 6. The van der Waals surface area contributed by atoms with Crippen LogP contribution in [0.4, 0.5) is 16.2 Å². The molecular formula is C21H17N3O6. The molecule has 2 atom stereocenters. The monoisotopic (exact) mass is 407 g/mol. The Morgan fingerprint density at radius 2 is 1.70 bits per heavy atom. The fraction of sp³-hybridized carbons (Fsp3) is 0.238. The van der Waals surface area contributed by atoms with Crippen molar-refractivity contribution in [1.29, 1.82) is 0 Å². The molecule has 5 rings (SSSR count). The molecule has 9 nitrogen and oxygen atoms in total. The number of amides is 4. The summed E-state index contributed by atoms with van der Waals surface area (Å²) in [6.45, 7) is -0.409. The van der Waals surface area contributed by atoms with Crippen LogP contribution in [0.2, 0.25) is 0 Å². The number of carbonyl (C=O) groups excluding carboxylic acids is 4. The van der Waals surface area contributed by atoms with Gasteiger partial charge in [0.1, 0.15) is 6.61 Å². The fourth-order valence-electron chi connectivity index (χ4n) is 4.08. The molecule has 1 spiro atoms. The Balaban J connectivity index is 1.32. The van der Waals surface area contributed by atoms with Crippen LogP contribution in [0.1, 0.15) is 27.1 Å². The molecule has 2 aromatic carbocycles. The Morgan fingerprint density at radius 1 is 1.07 bits per heavy atom. The fourth-order valence-corrected chi connectivity index (χ4v) is 4.08. The molecule has 2 aromatic rings. The van der Waals surface area contributed by atoms with Crippen LogP contribution in [0, 0.1) is 0 Å². The van der Waals surface area contributed by atoms with Gasteiger partial charge in [0.2, 0.25) is 5.91 Å². The first-order valence-electron chi connectivity index (χ1n) is 9.42. The van der Waals surface area contributed by atoms with E-state index >= 15 is 0 Å². The summed E-state index contributed by atoms with van der Waals surface area (Å²) in [7, 11) is 0. The molecule has 30 heavy (non-hydrogen) atoms. The predicted molar refractivity (Wildman–Crippen MR) is 104 cm³/mol. The first kappa shape index (κ1) is 18.3. The maximum absolute atomic E-state index is 12.7. The van der Waals surface area contributed by atoms with Crippen LogP contribution in [-0.2, 0) is 9.53 Å². The van der Waals surface area contributed by atoms with Crippen molar-refractivity contribution in [3.05, 3.63) is 59.7 Å². The molecule has 2 heterocycles. The smallest absolute Gasteiger partial charge is 0.415 e. The molecular weight excluding hydrogens is 390 g/mol. The normalized spacial score (nSPS) is 24.3. The number of imide groups is 1. The van der Waals surface area contributed by atoms with Crippen molar-refractivity contribution in [3.63, 3.8) is 0 Å². The zero-order chi connectivity index (χ0) is 21.0. The van der Waals surface area contributed by atoms with E-state index in [0.29, 0.717) is 28.9 Å². The van der Waals surface area contributed by atoms with Crippen LogP contribution in [0.25, 0.3) is 0 Å². The number of aliphatic hydroxyl groups excluding tert-OH is 1. The highest BCUT2D eigenvalue weighted by atomic mass is 16.6. The number of hydrogen-bond donors (Lipinski definition) is 2. The number of nitrogens with zero attached hydrogens (tertiary/aromatic N) is 2. The van der Waals surface area contributed by atoms with E-state index < -0.39 is 30.3 Å². The standard InChI is InChI=1S/C21H17N3O6/c25-10-17(26)22-12-5-7-13(8-6-12)23-11-21(30-20(23)29)9-16(21)24-18(27)14-3-1-2-4-15(14)19(24)28/h1-8,16,25H,9-11H2,(H,22,26)/t16?,21-/m1/s1.